The van der Waals surface area contributed by atoms with E-state index >= 15 is 0 Å². The van der Waals surface area contributed by atoms with Crippen molar-refractivity contribution < 1.29 is 19.8 Å². The molecule has 0 saturated carbocycles. The molecule has 0 aromatic heterocycles. The number of thiol groups is 1. The molecule has 1 aromatic rings. The van der Waals surface area contributed by atoms with Crippen LogP contribution in [0, 0.1) is 5.92 Å². The van der Waals surface area contributed by atoms with Crippen molar-refractivity contribution in [3.63, 3.8) is 0 Å². The molecular formula is C14H18O4S. The maximum absolute atomic E-state index is 11.2. The van der Waals surface area contributed by atoms with Gasteiger partial charge in [0.15, 0.2) is 0 Å². The van der Waals surface area contributed by atoms with E-state index in [0.29, 0.717) is 12.8 Å². The number of carboxylic acid groups (broad SMARTS) is 2. The summed E-state index contributed by atoms with van der Waals surface area (Å²) < 4.78 is 0. The van der Waals surface area contributed by atoms with Crippen molar-refractivity contribution in [2.45, 2.75) is 25.7 Å². The highest BCUT2D eigenvalue weighted by Crippen LogP contribution is 2.17. The molecule has 0 saturated heterocycles. The third-order valence-electron chi connectivity index (χ3n) is 2.97. The number of hydrogen-bond acceptors (Lipinski definition) is 3. The number of benzene rings is 1. The Hall–Kier alpha value is -1.49. The summed E-state index contributed by atoms with van der Waals surface area (Å²) >= 11 is 4.10. The minimum absolute atomic E-state index is 0.192. The Balaban J connectivity index is 2.70. The second-order valence-corrected chi connectivity index (χ2v) is 4.91. The van der Waals surface area contributed by atoms with Crippen molar-refractivity contribution in [3.05, 3.63) is 35.4 Å². The summed E-state index contributed by atoms with van der Waals surface area (Å²) in [7, 11) is 0. The highest BCUT2D eigenvalue weighted by atomic mass is 32.1. The van der Waals surface area contributed by atoms with Crippen molar-refractivity contribution in [3.8, 4) is 0 Å². The molecule has 1 rings (SSSR count). The van der Waals surface area contributed by atoms with Gasteiger partial charge in [-0.05, 0) is 42.7 Å². The Bertz CT molecular complexity index is 445. The number of aromatic carboxylic acids is 1. The van der Waals surface area contributed by atoms with Gasteiger partial charge in [-0.1, -0.05) is 18.6 Å². The minimum atomic E-state index is -0.996. The zero-order valence-electron chi connectivity index (χ0n) is 10.6. The number of rotatable bonds is 8. The van der Waals surface area contributed by atoms with Crippen LogP contribution in [0.4, 0.5) is 0 Å². The van der Waals surface area contributed by atoms with Crippen LogP contribution in [0.15, 0.2) is 24.3 Å². The lowest BCUT2D eigenvalue weighted by atomic mass is 9.93. The largest absolute Gasteiger partial charge is 0.481 e. The van der Waals surface area contributed by atoms with Crippen LogP contribution in [0.25, 0.3) is 0 Å². The van der Waals surface area contributed by atoms with Crippen LogP contribution in [0.5, 0.6) is 0 Å². The van der Waals surface area contributed by atoms with E-state index in [2.05, 4.69) is 12.6 Å². The molecule has 0 aliphatic heterocycles. The molecule has 0 fully saturated rings. The quantitative estimate of drug-likeness (QED) is 0.506. The molecule has 4 nitrogen and oxygen atoms in total. The summed E-state index contributed by atoms with van der Waals surface area (Å²) in [5, 5.41) is 18.1. The van der Waals surface area contributed by atoms with E-state index in [0.717, 1.165) is 24.2 Å². The van der Waals surface area contributed by atoms with Crippen LogP contribution in [-0.4, -0.2) is 27.9 Å². The Morgan fingerprint density at radius 1 is 1.21 bits per heavy atom. The highest BCUT2D eigenvalue weighted by Gasteiger charge is 2.18. The van der Waals surface area contributed by atoms with Crippen LogP contribution < -0.4 is 0 Å². The van der Waals surface area contributed by atoms with Crippen LogP contribution in [0.1, 0.15) is 35.2 Å². The summed E-state index contributed by atoms with van der Waals surface area (Å²) in [6, 6.07) is 6.45. The Morgan fingerprint density at radius 3 is 2.53 bits per heavy atom. The van der Waals surface area contributed by atoms with Crippen LogP contribution in [0.2, 0.25) is 0 Å². The minimum Gasteiger partial charge on any atom is -0.481 e. The van der Waals surface area contributed by atoms with Gasteiger partial charge in [-0.2, -0.15) is 12.6 Å². The predicted octanol–water partition coefficient (Wildman–Crippen LogP) is 2.73. The number of carboxylic acids is 2. The van der Waals surface area contributed by atoms with E-state index < -0.39 is 17.9 Å². The first-order chi connectivity index (χ1) is 9.04. The Kier molecular flexibility index (Phi) is 6.42. The third kappa shape index (κ3) is 5.34. The van der Waals surface area contributed by atoms with Gasteiger partial charge in [0.05, 0.1) is 11.5 Å². The molecule has 0 radical (unpaired) electrons. The first-order valence-corrected chi connectivity index (χ1v) is 6.83. The molecule has 2 N–H and O–H groups in total. The van der Waals surface area contributed by atoms with E-state index in [9.17, 15) is 14.7 Å². The van der Waals surface area contributed by atoms with Gasteiger partial charge in [0.2, 0.25) is 0 Å². The molecule has 0 spiro atoms. The van der Waals surface area contributed by atoms with Gasteiger partial charge in [-0.25, -0.2) is 4.79 Å². The smallest absolute Gasteiger partial charge is 0.335 e. The third-order valence-corrected chi connectivity index (χ3v) is 3.28. The monoisotopic (exact) mass is 282 g/mol. The molecule has 0 heterocycles. The fourth-order valence-electron chi connectivity index (χ4n) is 1.93. The maximum atomic E-state index is 11.2. The lowest BCUT2D eigenvalue weighted by molar-refractivity contribution is -0.142. The molecule has 0 unspecified atom stereocenters. The van der Waals surface area contributed by atoms with E-state index in [1.807, 2.05) is 0 Å². The summed E-state index contributed by atoms with van der Waals surface area (Å²) in [5.74, 6) is -1.55. The zero-order chi connectivity index (χ0) is 14.3. The molecule has 0 bridgehead atoms. The molecule has 0 aliphatic carbocycles. The molecule has 1 aromatic carbocycles. The fraction of sp³-hybridized carbons (Fsp3) is 0.429. The second-order valence-electron chi connectivity index (χ2n) is 4.46. The molecule has 5 heteroatoms. The van der Waals surface area contributed by atoms with Crippen LogP contribution in [-0.2, 0) is 11.2 Å². The van der Waals surface area contributed by atoms with Gasteiger partial charge in [0.25, 0.3) is 0 Å². The summed E-state index contributed by atoms with van der Waals surface area (Å²) in [4.78, 5) is 22.0. The number of unbranched alkanes of at least 4 members (excludes halogenated alkanes) is 1. The van der Waals surface area contributed by atoms with E-state index in [4.69, 9.17) is 5.11 Å². The van der Waals surface area contributed by atoms with Gasteiger partial charge in [0, 0.05) is 0 Å². The summed E-state index contributed by atoms with van der Waals surface area (Å²) in [6.45, 7) is 0. The summed E-state index contributed by atoms with van der Waals surface area (Å²) in [5.41, 5.74) is 0.940. The van der Waals surface area contributed by atoms with Gasteiger partial charge >= 0.3 is 11.9 Å². The molecule has 19 heavy (non-hydrogen) atoms. The van der Waals surface area contributed by atoms with Gasteiger partial charge in [-0.15, -0.1) is 0 Å². The first-order valence-electron chi connectivity index (χ1n) is 6.20. The Morgan fingerprint density at radius 2 is 1.95 bits per heavy atom. The van der Waals surface area contributed by atoms with Crippen molar-refractivity contribution in [1.82, 2.24) is 0 Å². The standard InChI is InChI=1S/C14H18O4S/c15-13(16)11(5-1-2-7-19)8-10-4-3-6-12(9-10)14(17)18/h3-4,6,9,11,19H,1-2,5,7-8H2,(H,15,16)(H,17,18)/t11-/m1/s1. The van der Waals surface area contributed by atoms with Gasteiger partial charge < -0.3 is 10.2 Å². The normalized spacial score (nSPS) is 12.1. The van der Waals surface area contributed by atoms with E-state index in [-0.39, 0.29) is 5.56 Å². The van der Waals surface area contributed by atoms with Gasteiger partial charge in [0.1, 0.15) is 0 Å². The first kappa shape index (κ1) is 15.6. The number of aliphatic carboxylic acids is 1. The SMILES string of the molecule is O=C(O)c1cccc(C[C@@H](CCCCS)C(=O)O)c1. The van der Waals surface area contributed by atoms with E-state index in [1.54, 1.807) is 12.1 Å². The number of hydrogen-bond donors (Lipinski definition) is 3. The van der Waals surface area contributed by atoms with Crippen molar-refractivity contribution in [1.29, 1.82) is 0 Å². The predicted molar refractivity (Wildman–Crippen MR) is 75.9 cm³/mol. The lowest BCUT2D eigenvalue weighted by Gasteiger charge is -2.12. The molecule has 0 aliphatic rings. The number of carbonyl (C=O) groups is 2. The van der Waals surface area contributed by atoms with Crippen LogP contribution >= 0.6 is 12.6 Å². The van der Waals surface area contributed by atoms with E-state index in [1.165, 1.54) is 12.1 Å². The fourth-order valence-corrected chi connectivity index (χ4v) is 2.15. The van der Waals surface area contributed by atoms with Crippen LogP contribution in [0.3, 0.4) is 0 Å². The zero-order valence-corrected chi connectivity index (χ0v) is 11.5. The molecule has 1 atom stereocenters. The average Bonchev–Trinajstić information content (AvgIpc) is 2.38. The van der Waals surface area contributed by atoms with Crippen molar-refractivity contribution in [2.75, 3.05) is 5.75 Å². The lowest BCUT2D eigenvalue weighted by Crippen LogP contribution is -2.16. The maximum Gasteiger partial charge on any atom is 0.335 e. The van der Waals surface area contributed by atoms with Crippen molar-refractivity contribution >= 4 is 24.6 Å². The second kappa shape index (κ2) is 7.84. The molecule has 0 amide bonds. The molecule has 104 valence electrons. The van der Waals surface area contributed by atoms with Gasteiger partial charge in [-0.3, -0.25) is 4.79 Å². The summed E-state index contributed by atoms with van der Waals surface area (Å²) in [6.07, 6.45) is 2.66. The Labute approximate surface area is 117 Å². The topological polar surface area (TPSA) is 74.6 Å². The van der Waals surface area contributed by atoms with Crippen molar-refractivity contribution in [2.24, 2.45) is 5.92 Å². The molecular weight excluding hydrogens is 264 g/mol. The highest BCUT2D eigenvalue weighted by molar-refractivity contribution is 7.80. The average molecular weight is 282 g/mol.